The maximum atomic E-state index is 12.6. The number of cyclic esters (lactones) is 1. The highest BCUT2D eigenvalue weighted by atomic mass is 16.7. The Morgan fingerprint density at radius 2 is 2.00 bits per heavy atom. The van der Waals surface area contributed by atoms with Crippen LogP contribution in [0.25, 0.3) is 10.9 Å². The lowest BCUT2D eigenvalue weighted by Gasteiger charge is -2.35. The third kappa shape index (κ3) is 2.07. The maximum Gasteiger partial charge on any atom is 0.411 e. The molecule has 0 radical (unpaired) electrons. The van der Waals surface area contributed by atoms with Crippen LogP contribution in [0.2, 0.25) is 0 Å². The van der Waals surface area contributed by atoms with E-state index in [2.05, 4.69) is 11.1 Å². The van der Waals surface area contributed by atoms with E-state index in [1.54, 1.807) is 7.11 Å². The number of H-pyrrole nitrogens is 1. The van der Waals surface area contributed by atoms with E-state index in [1.807, 2.05) is 35.2 Å². The fourth-order valence-electron chi connectivity index (χ4n) is 4.56. The Hall–Kier alpha value is -3.35. The van der Waals surface area contributed by atoms with E-state index in [1.165, 1.54) is 5.56 Å². The van der Waals surface area contributed by atoms with Crippen molar-refractivity contribution < 1.29 is 23.7 Å². The molecule has 1 fully saturated rings. The highest BCUT2D eigenvalue weighted by Crippen LogP contribution is 2.45. The second kappa shape index (κ2) is 5.58. The smallest absolute Gasteiger partial charge is 0.411 e. The summed E-state index contributed by atoms with van der Waals surface area (Å²) in [5.41, 5.74) is 4.21. The quantitative estimate of drug-likeness (QED) is 0.740. The van der Waals surface area contributed by atoms with Gasteiger partial charge in [0.2, 0.25) is 6.79 Å². The lowest BCUT2D eigenvalue weighted by molar-refractivity contribution is 0.147. The Morgan fingerprint density at radius 1 is 1.11 bits per heavy atom. The first-order valence-electron chi connectivity index (χ1n) is 9.26. The van der Waals surface area contributed by atoms with E-state index in [0.717, 1.165) is 40.1 Å². The van der Waals surface area contributed by atoms with E-state index < -0.39 is 0 Å². The first-order valence-corrected chi connectivity index (χ1v) is 9.26. The molecule has 7 nitrogen and oxygen atoms in total. The van der Waals surface area contributed by atoms with Crippen LogP contribution in [0, 0.1) is 0 Å². The van der Waals surface area contributed by atoms with Crippen LogP contribution in [0.4, 0.5) is 4.79 Å². The molecule has 3 aromatic rings. The summed E-state index contributed by atoms with van der Waals surface area (Å²) in [5.74, 6) is 2.24. The molecule has 2 atom stereocenters. The zero-order valence-electron chi connectivity index (χ0n) is 15.2. The highest BCUT2D eigenvalue weighted by molar-refractivity contribution is 5.87. The number of nitrogens with zero attached hydrogens (tertiary/aromatic N) is 1. The van der Waals surface area contributed by atoms with Crippen molar-refractivity contribution >= 4 is 17.0 Å². The van der Waals surface area contributed by atoms with Crippen molar-refractivity contribution in [3.8, 4) is 17.2 Å². The lowest BCUT2D eigenvalue weighted by atomic mass is 9.89. The monoisotopic (exact) mass is 378 g/mol. The van der Waals surface area contributed by atoms with Crippen molar-refractivity contribution in [1.29, 1.82) is 0 Å². The molecule has 4 heterocycles. The number of methoxy groups -OCH3 is 1. The largest absolute Gasteiger partial charge is 0.497 e. The minimum absolute atomic E-state index is 0.000578. The summed E-state index contributed by atoms with van der Waals surface area (Å²) in [5, 5.41) is 1.12. The molecule has 6 rings (SSSR count). The van der Waals surface area contributed by atoms with Gasteiger partial charge in [0.05, 0.1) is 13.2 Å². The predicted octanol–water partition coefficient (Wildman–Crippen LogP) is 3.37. The van der Waals surface area contributed by atoms with Crippen molar-refractivity contribution in [3.05, 3.63) is 53.2 Å². The number of hydrogen-bond acceptors (Lipinski definition) is 5. The first-order chi connectivity index (χ1) is 13.7. The molecule has 3 aliphatic rings. The van der Waals surface area contributed by atoms with Crippen molar-refractivity contribution in [2.45, 2.75) is 18.5 Å². The van der Waals surface area contributed by atoms with E-state index in [4.69, 9.17) is 18.9 Å². The van der Waals surface area contributed by atoms with E-state index in [-0.39, 0.29) is 25.0 Å². The standard InChI is InChI=1S/C21H18N2O5/c1-25-13-3-4-16-14(8-13)15-7-12-9-26-21(24)23(12)20(19(15)22-16)11-2-5-17-18(6-11)28-10-27-17/h2-6,8,12,20,22H,7,9-10H2,1H3/t12?,20-/m1/s1. The lowest BCUT2D eigenvalue weighted by Crippen LogP contribution is -2.42. The maximum absolute atomic E-state index is 12.6. The number of ether oxygens (including phenoxy) is 4. The number of aromatic amines is 1. The van der Waals surface area contributed by atoms with E-state index >= 15 is 0 Å². The van der Waals surface area contributed by atoms with E-state index in [0.29, 0.717) is 12.4 Å². The normalized spacial score (nSPS) is 22.2. The van der Waals surface area contributed by atoms with Crippen molar-refractivity contribution in [1.82, 2.24) is 9.88 Å². The number of hydrogen-bond donors (Lipinski definition) is 1. The summed E-state index contributed by atoms with van der Waals surface area (Å²) in [6, 6.07) is 11.6. The molecule has 2 aromatic carbocycles. The van der Waals surface area contributed by atoms with Gasteiger partial charge in [-0.3, -0.25) is 4.90 Å². The number of benzene rings is 2. The van der Waals surface area contributed by atoms with Gasteiger partial charge in [0, 0.05) is 16.6 Å². The van der Waals surface area contributed by atoms with Gasteiger partial charge < -0.3 is 23.9 Å². The van der Waals surface area contributed by atoms with Crippen LogP contribution >= 0.6 is 0 Å². The van der Waals surface area contributed by atoms with Crippen molar-refractivity contribution in [2.75, 3.05) is 20.5 Å². The summed E-state index contributed by atoms with van der Waals surface area (Å²) in [4.78, 5) is 17.9. The van der Waals surface area contributed by atoms with Gasteiger partial charge in [-0.2, -0.15) is 0 Å². The van der Waals surface area contributed by atoms with E-state index in [9.17, 15) is 4.79 Å². The average Bonchev–Trinajstić information content (AvgIpc) is 3.42. The molecule has 1 saturated heterocycles. The summed E-state index contributed by atoms with van der Waals surface area (Å²) in [6.07, 6.45) is 0.463. The number of amides is 1. The predicted molar refractivity (Wildman–Crippen MR) is 99.9 cm³/mol. The Morgan fingerprint density at radius 3 is 2.89 bits per heavy atom. The Kier molecular flexibility index (Phi) is 3.12. The highest BCUT2D eigenvalue weighted by Gasteiger charge is 2.45. The molecular weight excluding hydrogens is 360 g/mol. The molecule has 142 valence electrons. The molecule has 3 aliphatic heterocycles. The minimum atomic E-state index is -0.283. The van der Waals surface area contributed by atoms with Crippen LogP contribution in [-0.2, 0) is 11.2 Å². The summed E-state index contributed by atoms with van der Waals surface area (Å²) in [7, 11) is 1.67. The van der Waals surface area contributed by atoms with Crippen LogP contribution in [0.15, 0.2) is 36.4 Å². The zero-order chi connectivity index (χ0) is 18.8. The number of nitrogens with one attached hydrogen (secondary N) is 1. The molecule has 0 saturated carbocycles. The van der Waals surface area contributed by atoms with Gasteiger partial charge in [0.1, 0.15) is 18.4 Å². The number of fused-ring (bicyclic) bond motifs is 5. The third-order valence-corrected chi connectivity index (χ3v) is 5.85. The van der Waals surface area contributed by atoms with Gasteiger partial charge in [-0.15, -0.1) is 0 Å². The number of aromatic nitrogens is 1. The van der Waals surface area contributed by atoms with Gasteiger partial charge in [-0.05, 0) is 47.9 Å². The average molecular weight is 378 g/mol. The number of carbonyl (C=O) groups excluding carboxylic acids is 1. The molecule has 7 heteroatoms. The van der Waals surface area contributed by atoms with Crippen LogP contribution in [-0.4, -0.2) is 42.5 Å². The SMILES string of the molecule is COc1ccc2[nH]c3c(c2c1)CC1COC(=O)N1[C@@H]3c1ccc2c(c1)OCO2. The Balaban J connectivity index is 1.57. The zero-order valence-corrected chi connectivity index (χ0v) is 15.2. The van der Waals surface area contributed by atoms with Crippen LogP contribution in [0.5, 0.6) is 17.2 Å². The molecule has 0 aliphatic carbocycles. The van der Waals surface area contributed by atoms with Gasteiger partial charge in [-0.25, -0.2) is 4.79 Å². The molecule has 1 unspecified atom stereocenters. The summed E-state index contributed by atoms with van der Waals surface area (Å²) >= 11 is 0. The third-order valence-electron chi connectivity index (χ3n) is 5.85. The first kappa shape index (κ1) is 15.7. The number of carbonyl (C=O) groups is 1. The van der Waals surface area contributed by atoms with Crippen molar-refractivity contribution in [2.24, 2.45) is 0 Å². The number of rotatable bonds is 2. The van der Waals surface area contributed by atoms with Crippen LogP contribution in [0.3, 0.4) is 0 Å². The molecule has 0 spiro atoms. The fourth-order valence-corrected chi connectivity index (χ4v) is 4.56. The van der Waals surface area contributed by atoms with Gasteiger partial charge in [-0.1, -0.05) is 6.07 Å². The fraction of sp³-hybridized carbons (Fsp3) is 0.286. The summed E-state index contributed by atoms with van der Waals surface area (Å²) in [6.45, 7) is 0.616. The summed E-state index contributed by atoms with van der Waals surface area (Å²) < 4.78 is 21.8. The minimum Gasteiger partial charge on any atom is -0.497 e. The molecule has 1 N–H and O–H groups in total. The molecular formula is C21H18N2O5. The topological polar surface area (TPSA) is 73.0 Å². The molecule has 1 aromatic heterocycles. The van der Waals surface area contributed by atoms with Gasteiger partial charge in [0.15, 0.2) is 11.5 Å². The molecule has 28 heavy (non-hydrogen) atoms. The second-order valence-corrected chi connectivity index (χ2v) is 7.29. The molecule has 0 bridgehead atoms. The van der Waals surface area contributed by atoms with Gasteiger partial charge >= 0.3 is 6.09 Å². The Bertz CT molecular complexity index is 1120. The van der Waals surface area contributed by atoms with Crippen LogP contribution < -0.4 is 14.2 Å². The second-order valence-electron chi connectivity index (χ2n) is 7.29. The van der Waals surface area contributed by atoms with Gasteiger partial charge in [0.25, 0.3) is 0 Å². The van der Waals surface area contributed by atoms with Crippen molar-refractivity contribution in [3.63, 3.8) is 0 Å². The molecule has 1 amide bonds. The van der Waals surface area contributed by atoms with Crippen LogP contribution in [0.1, 0.15) is 22.9 Å². The Labute approximate surface area is 160 Å².